The largest absolute Gasteiger partial charge is 0.478 e. The fraction of sp³-hybridized carbons (Fsp3) is 0.667. The Balaban J connectivity index is 2.68. The Labute approximate surface area is 97.5 Å². The van der Waals surface area contributed by atoms with E-state index in [1.807, 2.05) is 13.0 Å². The zero-order valence-electron chi connectivity index (χ0n) is 10.5. The fourth-order valence-corrected chi connectivity index (χ4v) is 1.58. The van der Waals surface area contributed by atoms with Crippen molar-refractivity contribution in [3.05, 3.63) is 12.4 Å². The first-order valence-electron chi connectivity index (χ1n) is 5.88. The van der Waals surface area contributed by atoms with Crippen LogP contribution in [0.2, 0.25) is 0 Å². The zero-order valence-corrected chi connectivity index (χ0v) is 10.5. The Bertz CT molecular complexity index is 315. The Morgan fingerprint density at radius 3 is 2.62 bits per heavy atom. The molecule has 0 aliphatic heterocycles. The van der Waals surface area contributed by atoms with Crippen molar-refractivity contribution in [1.82, 2.24) is 9.97 Å². The lowest BCUT2D eigenvalue weighted by Gasteiger charge is -2.21. The molecule has 1 heterocycles. The maximum Gasteiger partial charge on any atom is 0.218 e. The summed E-state index contributed by atoms with van der Waals surface area (Å²) in [5, 5.41) is 3.40. The summed E-state index contributed by atoms with van der Waals surface area (Å²) in [6.07, 6.45) is 2.60. The molecule has 0 aliphatic rings. The van der Waals surface area contributed by atoms with E-state index in [1.54, 1.807) is 0 Å². The van der Waals surface area contributed by atoms with E-state index in [0.29, 0.717) is 24.4 Å². The van der Waals surface area contributed by atoms with Crippen LogP contribution in [0.25, 0.3) is 0 Å². The molecule has 16 heavy (non-hydrogen) atoms. The van der Waals surface area contributed by atoms with Crippen molar-refractivity contribution < 1.29 is 4.74 Å². The average Bonchev–Trinajstić information content (AvgIpc) is 2.26. The lowest BCUT2D eigenvalue weighted by atomic mass is 10.0. The normalized spacial score (nSPS) is 12.6. The molecule has 0 radical (unpaired) electrons. The van der Waals surface area contributed by atoms with Crippen molar-refractivity contribution in [3.63, 3.8) is 0 Å². The number of hydrogen-bond acceptors (Lipinski definition) is 4. The first kappa shape index (κ1) is 12.7. The molecule has 0 bridgehead atoms. The van der Waals surface area contributed by atoms with Gasteiger partial charge >= 0.3 is 0 Å². The molecule has 1 atom stereocenters. The third kappa shape index (κ3) is 3.68. The van der Waals surface area contributed by atoms with E-state index in [2.05, 4.69) is 36.1 Å². The minimum atomic E-state index is 0.435. The lowest BCUT2D eigenvalue weighted by Crippen LogP contribution is -2.25. The molecule has 0 saturated carbocycles. The Kier molecular flexibility index (Phi) is 5.02. The molecule has 0 amide bonds. The summed E-state index contributed by atoms with van der Waals surface area (Å²) >= 11 is 0. The minimum absolute atomic E-state index is 0.435. The number of rotatable bonds is 6. The van der Waals surface area contributed by atoms with Gasteiger partial charge in [-0.05, 0) is 19.3 Å². The van der Waals surface area contributed by atoms with Gasteiger partial charge in [0.25, 0.3) is 0 Å². The molecule has 1 aromatic rings. The molecule has 0 fully saturated rings. The smallest absolute Gasteiger partial charge is 0.218 e. The van der Waals surface area contributed by atoms with Crippen LogP contribution >= 0.6 is 0 Å². The summed E-state index contributed by atoms with van der Waals surface area (Å²) in [7, 11) is 0. The van der Waals surface area contributed by atoms with Crippen molar-refractivity contribution in [2.75, 3.05) is 11.9 Å². The van der Waals surface area contributed by atoms with Gasteiger partial charge in [0.15, 0.2) is 0 Å². The molecule has 1 unspecified atom stereocenters. The van der Waals surface area contributed by atoms with Gasteiger partial charge in [-0.3, -0.25) is 0 Å². The van der Waals surface area contributed by atoms with Crippen LogP contribution in [-0.2, 0) is 0 Å². The van der Waals surface area contributed by atoms with Gasteiger partial charge in [0.05, 0.1) is 6.61 Å². The summed E-state index contributed by atoms with van der Waals surface area (Å²) in [6.45, 7) is 9.13. The summed E-state index contributed by atoms with van der Waals surface area (Å²) in [4.78, 5) is 8.22. The zero-order chi connectivity index (χ0) is 12.0. The van der Waals surface area contributed by atoms with Crippen molar-refractivity contribution in [1.29, 1.82) is 0 Å². The van der Waals surface area contributed by atoms with Crippen LogP contribution in [0.3, 0.4) is 0 Å². The number of aromatic nitrogens is 2. The van der Waals surface area contributed by atoms with E-state index in [-0.39, 0.29) is 0 Å². The predicted molar refractivity (Wildman–Crippen MR) is 65.7 cm³/mol. The van der Waals surface area contributed by atoms with Gasteiger partial charge in [-0.2, -0.15) is 0 Å². The molecule has 0 aromatic carbocycles. The second kappa shape index (κ2) is 6.30. The number of ether oxygens (including phenoxy) is 1. The molecule has 4 nitrogen and oxygen atoms in total. The molecule has 4 heteroatoms. The first-order chi connectivity index (χ1) is 7.67. The quantitative estimate of drug-likeness (QED) is 0.805. The highest BCUT2D eigenvalue weighted by Gasteiger charge is 2.11. The van der Waals surface area contributed by atoms with Crippen LogP contribution in [-0.4, -0.2) is 22.6 Å². The van der Waals surface area contributed by atoms with Crippen molar-refractivity contribution in [2.45, 2.75) is 40.2 Å². The number of nitrogens with one attached hydrogen (secondary N) is 1. The van der Waals surface area contributed by atoms with Crippen LogP contribution in [0, 0.1) is 5.92 Å². The van der Waals surface area contributed by atoms with E-state index < -0.39 is 0 Å². The van der Waals surface area contributed by atoms with Crippen LogP contribution in [0.4, 0.5) is 5.82 Å². The van der Waals surface area contributed by atoms with Gasteiger partial charge in [-0.1, -0.05) is 20.8 Å². The van der Waals surface area contributed by atoms with Crippen LogP contribution < -0.4 is 10.1 Å². The maximum absolute atomic E-state index is 5.33. The summed E-state index contributed by atoms with van der Waals surface area (Å²) < 4.78 is 5.33. The first-order valence-corrected chi connectivity index (χ1v) is 5.88. The molecule has 0 saturated heterocycles. The van der Waals surface area contributed by atoms with Crippen molar-refractivity contribution in [2.24, 2.45) is 5.92 Å². The number of nitrogens with zero attached hydrogens (tertiary/aromatic N) is 2. The van der Waals surface area contributed by atoms with Crippen LogP contribution in [0.15, 0.2) is 12.4 Å². The summed E-state index contributed by atoms with van der Waals surface area (Å²) in [5.74, 6) is 2.04. The van der Waals surface area contributed by atoms with E-state index in [1.165, 1.54) is 6.33 Å². The standard InChI is InChI=1S/C12H21N3O/c1-5-10(9(3)4)15-11-7-12(16-6-2)14-8-13-11/h7-10H,5-6H2,1-4H3,(H,13,14,15). The third-order valence-corrected chi connectivity index (χ3v) is 2.51. The predicted octanol–water partition coefficient (Wildman–Crippen LogP) is 2.72. The highest BCUT2D eigenvalue weighted by molar-refractivity contribution is 5.38. The number of anilines is 1. The van der Waals surface area contributed by atoms with E-state index in [4.69, 9.17) is 4.74 Å². The molecule has 1 N–H and O–H groups in total. The van der Waals surface area contributed by atoms with Crippen LogP contribution in [0.1, 0.15) is 34.1 Å². The third-order valence-electron chi connectivity index (χ3n) is 2.51. The molecule has 0 aliphatic carbocycles. The Hall–Kier alpha value is -1.32. The lowest BCUT2D eigenvalue weighted by molar-refractivity contribution is 0.326. The summed E-state index contributed by atoms with van der Waals surface area (Å²) in [6, 6.07) is 2.28. The van der Waals surface area contributed by atoms with Crippen molar-refractivity contribution in [3.8, 4) is 5.88 Å². The minimum Gasteiger partial charge on any atom is -0.478 e. The van der Waals surface area contributed by atoms with Crippen molar-refractivity contribution >= 4 is 5.82 Å². The van der Waals surface area contributed by atoms with E-state index in [9.17, 15) is 0 Å². The molecule has 0 spiro atoms. The Morgan fingerprint density at radius 1 is 1.31 bits per heavy atom. The highest BCUT2D eigenvalue weighted by atomic mass is 16.5. The van der Waals surface area contributed by atoms with Gasteiger partial charge < -0.3 is 10.1 Å². The fourth-order valence-electron chi connectivity index (χ4n) is 1.58. The molecular weight excluding hydrogens is 202 g/mol. The van der Waals surface area contributed by atoms with Gasteiger partial charge in [0.2, 0.25) is 5.88 Å². The van der Waals surface area contributed by atoms with Crippen LogP contribution in [0.5, 0.6) is 5.88 Å². The van der Waals surface area contributed by atoms with E-state index >= 15 is 0 Å². The van der Waals surface area contributed by atoms with Gasteiger partial charge in [-0.15, -0.1) is 0 Å². The topological polar surface area (TPSA) is 47.0 Å². The molecule has 1 aromatic heterocycles. The van der Waals surface area contributed by atoms with Gasteiger partial charge in [0, 0.05) is 12.1 Å². The SMILES string of the molecule is CCOc1cc(NC(CC)C(C)C)ncn1. The molecular formula is C12H21N3O. The molecule has 90 valence electrons. The maximum atomic E-state index is 5.33. The monoisotopic (exact) mass is 223 g/mol. The second-order valence-corrected chi connectivity index (χ2v) is 4.08. The average molecular weight is 223 g/mol. The Morgan fingerprint density at radius 2 is 2.06 bits per heavy atom. The second-order valence-electron chi connectivity index (χ2n) is 4.08. The number of hydrogen-bond donors (Lipinski definition) is 1. The van der Waals surface area contributed by atoms with Gasteiger partial charge in [-0.25, -0.2) is 9.97 Å². The summed E-state index contributed by atoms with van der Waals surface area (Å²) in [5.41, 5.74) is 0. The van der Waals surface area contributed by atoms with Gasteiger partial charge in [0.1, 0.15) is 12.1 Å². The highest BCUT2D eigenvalue weighted by Crippen LogP contribution is 2.16. The van der Waals surface area contributed by atoms with E-state index in [0.717, 1.165) is 12.2 Å². The molecule has 1 rings (SSSR count).